The van der Waals surface area contributed by atoms with E-state index in [1.807, 2.05) is 60.5 Å². The molecule has 4 aromatic rings. The molecule has 1 amide bonds. The molecule has 31 heavy (non-hydrogen) atoms. The van der Waals surface area contributed by atoms with Crippen LogP contribution in [0.2, 0.25) is 0 Å². The molecular formula is C24H24N4O3. The molecule has 1 fully saturated rings. The predicted octanol–water partition coefficient (Wildman–Crippen LogP) is 3.81. The smallest absolute Gasteiger partial charge is 0.253 e. The lowest BCUT2D eigenvalue weighted by atomic mass is 10.1. The molecule has 0 saturated carbocycles. The SMILES string of the molecule is COc1c2ccc(C(=O)N3CCC(Oc4cccc5cccnc45)CC3)cc2nn1C. The molecule has 0 atom stereocenters. The van der Waals surface area contributed by atoms with Gasteiger partial charge in [0.2, 0.25) is 5.88 Å². The molecule has 0 spiro atoms. The Bertz CT molecular complexity index is 1250. The Morgan fingerprint density at radius 1 is 1.10 bits per heavy atom. The number of hydrogen-bond acceptors (Lipinski definition) is 5. The van der Waals surface area contributed by atoms with Gasteiger partial charge in [-0.3, -0.25) is 9.78 Å². The monoisotopic (exact) mass is 416 g/mol. The molecule has 3 heterocycles. The average Bonchev–Trinajstić information content (AvgIpc) is 3.13. The van der Waals surface area contributed by atoms with E-state index in [0.29, 0.717) is 24.5 Å². The van der Waals surface area contributed by atoms with E-state index in [1.54, 1.807) is 18.0 Å². The van der Waals surface area contributed by atoms with Gasteiger partial charge < -0.3 is 14.4 Å². The van der Waals surface area contributed by atoms with Crippen molar-refractivity contribution in [2.75, 3.05) is 20.2 Å². The number of aromatic nitrogens is 3. The molecule has 2 aromatic heterocycles. The number of amides is 1. The Morgan fingerprint density at radius 2 is 1.90 bits per heavy atom. The van der Waals surface area contributed by atoms with Crippen molar-refractivity contribution >= 4 is 27.7 Å². The fraction of sp³-hybridized carbons (Fsp3) is 0.292. The van der Waals surface area contributed by atoms with E-state index in [2.05, 4.69) is 10.1 Å². The lowest BCUT2D eigenvalue weighted by molar-refractivity contribution is 0.0598. The van der Waals surface area contributed by atoms with E-state index < -0.39 is 0 Å². The Hall–Kier alpha value is -3.61. The minimum atomic E-state index is 0.0248. The Morgan fingerprint density at radius 3 is 2.71 bits per heavy atom. The molecule has 7 nitrogen and oxygen atoms in total. The van der Waals surface area contributed by atoms with Crippen molar-refractivity contribution < 1.29 is 14.3 Å². The summed E-state index contributed by atoms with van der Waals surface area (Å²) in [5.41, 5.74) is 2.28. The molecule has 0 N–H and O–H groups in total. The van der Waals surface area contributed by atoms with Crippen molar-refractivity contribution in [3.05, 3.63) is 60.3 Å². The molecule has 2 aromatic carbocycles. The zero-order valence-corrected chi connectivity index (χ0v) is 17.6. The maximum atomic E-state index is 13.1. The van der Waals surface area contributed by atoms with Crippen LogP contribution in [0.15, 0.2) is 54.7 Å². The third-order valence-corrected chi connectivity index (χ3v) is 5.84. The van der Waals surface area contributed by atoms with Crippen LogP contribution in [0.1, 0.15) is 23.2 Å². The molecule has 5 rings (SSSR count). The Kier molecular flexibility index (Phi) is 4.94. The van der Waals surface area contributed by atoms with E-state index in [4.69, 9.17) is 9.47 Å². The third-order valence-electron chi connectivity index (χ3n) is 5.84. The van der Waals surface area contributed by atoms with Crippen molar-refractivity contribution in [2.45, 2.75) is 18.9 Å². The second-order valence-corrected chi connectivity index (χ2v) is 7.81. The highest BCUT2D eigenvalue weighted by Crippen LogP contribution is 2.28. The largest absolute Gasteiger partial charge is 0.488 e. The fourth-order valence-corrected chi connectivity index (χ4v) is 4.26. The Labute approximate surface area is 180 Å². The number of para-hydroxylation sites is 1. The summed E-state index contributed by atoms with van der Waals surface area (Å²) in [4.78, 5) is 19.4. The number of aryl methyl sites for hydroxylation is 1. The van der Waals surface area contributed by atoms with Crippen molar-refractivity contribution in [3.8, 4) is 11.6 Å². The number of nitrogens with zero attached hydrogens (tertiary/aromatic N) is 4. The Balaban J connectivity index is 1.27. The quantitative estimate of drug-likeness (QED) is 0.506. The molecule has 158 valence electrons. The molecular weight excluding hydrogens is 392 g/mol. The number of benzene rings is 2. The molecule has 0 unspecified atom stereocenters. The second-order valence-electron chi connectivity index (χ2n) is 7.81. The molecule has 0 bridgehead atoms. The van der Waals surface area contributed by atoms with Crippen LogP contribution in [0.5, 0.6) is 11.6 Å². The van der Waals surface area contributed by atoms with Crippen molar-refractivity contribution in [3.63, 3.8) is 0 Å². The molecule has 1 aliphatic rings. The van der Waals surface area contributed by atoms with Gasteiger partial charge in [0.15, 0.2) is 0 Å². The number of piperidine rings is 1. The minimum Gasteiger partial charge on any atom is -0.488 e. The molecule has 0 radical (unpaired) electrons. The van der Waals surface area contributed by atoms with Crippen LogP contribution in [-0.2, 0) is 7.05 Å². The van der Waals surface area contributed by atoms with Crippen LogP contribution in [0.3, 0.4) is 0 Å². The van der Waals surface area contributed by atoms with E-state index in [-0.39, 0.29) is 12.0 Å². The van der Waals surface area contributed by atoms with Crippen LogP contribution in [0.4, 0.5) is 0 Å². The maximum absolute atomic E-state index is 13.1. The molecule has 7 heteroatoms. The summed E-state index contributed by atoms with van der Waals surface area (Å²) in [7, 11) is 3.45. The average molecular weight is 416 g/mol. The van der Waals surface area contributed by atoms with Crippen LogP contribution < -0.4 is 9.47 Å². The first-order valence-electron chi connectivity index (χ1n) is 10.4. The summed E-state index contributed by atoms with van der Waals surface area (Å²) in [6.07, 6.45) is 3.42. The van der Waals surface area contributed by atoms with E-state index in [0.717, 1.165) is 40.4 Å². The normalized spacial score (nSPS) is 14.8. The molecule has 1 saturated heterocycles. The van der Waals surface area contributed by atoms with Crippen molar-refractivity contribution in [2.24, 2.45) is 7.05 Å². The second kappa shape index (κ2) is 7.91. The number of ether oxygens (including phenoxy) is 2. The number of methoxy groups -OCH3 is 1. The van der Waals surface area contributed by atoms with Gasteiger partial charge in [0.1, 0.15) is 17.4 Å². The van der Waals surface area contributed by atoms with Gasteiger partial charge in [0.05, 0.1) is 18.0 Å². The summed E-state index contributed by atoms with van der Waals surface area (Å²) < 4.78 is 13.3. The lowest BCUT2D eigenvalue weighted by Crippen LogP contribution is -2.41. The van der Waals surface area contributed by atoms with Gasteiger partial charge in [-0.2, -0.15) is 5.10 Å². The standard InChI is InChI=1S/C24H24N4O3/c1-27-24(30-2)19-9-8-17(15-20(19)26-27)23(29)28-13-10-18(11-14-28)31-21-7-3-5-16-6-4-12-25-22(16)21/h3-9,12,15,18H,10-11,13-14H2,1-2H3. The van der Waals surface area contributed by atoms with Crippen molar-refractivity contribution in [1.82, 2.24) is 19.7 Å². The van der Waals surface area contributed by atoms with Gasteiger partial charge in [0, 0.05) is 50.1 Å². The lowest BCUT2D eigenvalue weighted by Gasteiger charge is -2.32. The number of rotatable bonds is 4. The van der Waals surface area contributed by atoms with Gasteiger partial charge in [-0.05, 0) is 30.3 Å². The van der Waals surface area contributed by atoms with Gasteiger partial charge in [-0.25, -0.2) is 4.68 Å². The number of carbonyl (C=O) groups is 1. The number of hydrogen-bond donors (Lipinski definition) is 0. The van der Waals surface area contributed by atoms with Crippen LogP contribution in [0, 0.1) is 0 Å². The number of likely N-dealkylation sites (tertiary alicyclic amines) is 1. The summed E-state index contributed by atoms with van der Waals surface area (Å²) >= 11 is 0. The van der Waals surface area contributed by atoms with E-state index >= 15 is 0 Å². The summed E-state index contributed by atoms with van der Waals surface area (Å²) in [5, 5.41) is 6.42. The van der Waals surface area contributed by atoms with Gasteiger partial charge in [0.25, 0.3) is 5.91 Å². The topological polar surface area (TPSA) is 69.5 Å². The van der Waals surface area contributed by atoms with Gasteiger partial charge in [-0.15, -0.1) is 0 Å². The van der Waals surface area contributed by atoms with Crippen molar-refractivity contribution in [1.29, 1.82) is 0 Å². The molecule has 1 aliphatic heterocycles. The first-order valence-corrected chi connectivity index (χ1v) is 10.4. The zero-order chi connectivity index (χ0) is 21.4. The van der Waals surface area contributed by atoms with Gasteiger partial charge in [-0.1, -0.05) is 18.2 Å². The summed E-state index contributed by atoms with van der Waals surface area (Å²) in [6, 6.07) is 15.5. The predicted molar refractivity (Wildman–Crippen MR) is 119 cm³/mol. The van der Waals surface area contributed by atoms with Gasteiger partial charge >= 0.3 is 0 Å². The minimum absolute atomic E-state index is 0.0248. The first-order chi connectivity index (χ1) is 15.1. The van der Waals surface area contributed by atoms with E-state index in [9.17, 15) is 4.79 Å². The van der Waals surface area contributed by atoms with Crippen LogP contribution in [-0.4, -0.2) is 51.9 Å². The number of carbonyl (C=O) groups excluding carboxylic acids is 1. The highest BCUT2D eigenvalue weighted by Gasteiger charge is 2.26. The number of fused-ring (bicyclic) bond motifs is 2. The van der Waals surface area contributed by atoms with Crippen LogP contribution >= 0.6 is 0 Å². The molecule has 0 aliphatic carbocycles. The highest BCUT2D eigenvalue weighted by molar-refractivity contribution is 5.98. The summed E-state index contributed by atoms with van der Waals surface area (Å²) in [5.74, 6) is 1.52. The first kappa shape index (κ1) is 19.4. The number of pyridine rings is 1. The fourth-order valence-electron chi connectivity index (χ4n) is 4.26. The summed E-state index contributed by atoms with van der Waals surface area (Å²) in [6.45, 7) is 1.32. The zero-order valence-electron chi connectivity index (χ0n) is 17.6. The third kappa shape index (κ3) is 3.56. The highest BCUT2D eigenvalue weighted by atomic mass is 16.5. The maximum Gasteiger partial charge on any atom is 0.253 e. The van der Waals surface area contributed by atoms with E-state index in [1.165, 1.54) is 0 Å². The van der Waals surface area contributed by atoms with Crippen LogP contribution in [0.25, 0.3) is 21.8 Å².